The minimum atomic E-state index is 0.831. The molecule has 0 radical (unpaired) electrons. The van der Waals surface area contributed by atoms with Crippen molar-refractivity contribution in [1.82, 2.24) is 10.2 Å². The van der Waals surface area contributed by atoms with Crippen LogP contribution in [0, 0.1) is 11.8 Å². The average molecular weight is 210 g/mol. The highest BCUT2D eigenvalue weighted by atomic mass is 15.2. The molecule has 1 aliphatic heterocycles. The van der Waals surface area contributed by atoms with Crippen molar-refractivity contribution in [2.45, 2.75) is 45.1 Å². The van der Waals surface area contributed by atoms with Crippen LogP contribution < -0.4 is 5.32 Å². The van der Waals surface area contributed by atoms with Crippen molar-refractivity contribution in [1.29, 1.82) is 0 Å². The molecule has 2 fully saturated rings. The lowest BCUT2D eigenvalue weighted by Crippen LogP contribution is -2.43. The summed E-state index contributed by atoms with van der Waals surface area (Å²) in [6.07, 6.45) is 7.28. The van der Waals surface area contributed by atoms with Gasteiger partial charge in [-0.25, -0.2) is 0 Å². The van der Waals surface area contributed by atoms with Crippen LogP contribution in [0.3, 0.4) is 0 Å². The van der Waals surface area contributed by atoms with Crippen LogP contribution in [0.25, 0.3) is 0 Å². The van der Waals surface area contributed by atoms with Gasteiger partial charge in [-0.05, 0) is 58.2 Å². The van der Waals surface area contributed by atoms with Gasteiger partial charge in [-0.15, -0.1) is 0 Å². The molecule has 2 heteroatoms. The number of hydrogen-bond donors (Lipinski definition) is 1. The monoisotopic (exact) mass is 210 g/mol. The Morgan fingerprint density at radius 2 is 2.07 bits per heavy atom. The minimum Gasteiger partial charge on any atom is -0.319 e. The molecule has 88 valence electrons. The quantitative estimate of drug-likeness (QED) is 0.747. The summed E-state index contributed by atoms with van der Waals surface area (Å²) < 4.78 is 0. The van der Waals surface area contributed by atoms with E-state index in [1.807, 2.05) is 0 Å². The second-order valence-corrected chi connectivity index (χ2v) is 5.59. The molecule has 1 heterocycles. The van der Waals surface area contributed by atoms with E-state index in [2.05, 4.69) is 24.2 Å². The van der Waals surface area contributed by atoms with Gasteiger partial charge in [0.2, 0.25) is 0 Å². The fraction of sp³-hybridized carbons (Fsp3) is 1.00. The van der Waals surface area contributed by atoms with E-state index >= 15 is 0 Å². The number of nitrogens with one attached hydrogen (secondary N) is 1. The van der Waals surface area contributed by atoms with Crippen molar-refractivity contribution in [3.63, 3.8) is 0 Å². The van der Waals surface area contributed by atoms with E-state index in [1.54, 1.807) is 0 Å². The van der Waals surface area contributed by atoms with Gasteiger partial charge < -0.3 is 10.2 Å². The maximum Gasteiger partial charge on any atom is 0.00696 e. The Kier molecular flexibility index (Phi) is 4.04. The predicted molar refractivity (Wildman–Crippen MR) is 65.0 cm³/mol. The molecule has 0 spiro atoms. The molecular weight excluding hydrogens is 184 g/mol. The van der Waals surface area contributed by atoms with Gasteiger partial charge in [0.1, 0.15) is 0 Å². The summed E-state index contributed by atoms with van der Waals surface area (Å²) in [5, 5.41) is 3.32. The third-order valence-electron chi connectivity index (χ3n) is 4.04. The van der Waals surface area contributed by atoms with Crippen LogP contribution in [0.2, 0.25) is 0 Å². The van der Waals surface area contributed by atoms with Gasteiger partial charge in [-0.3, -0.25) is 0 Å². The van der Waals surface area contributed by atoms with Crippen LogP contribution in [0.5, 0.6) is 0 Å². The first-order chi connectivity index (χ1) is 7.29. The van der Waals surface area contributed by atoms with Crippen molar-refractivity contribution < 1.29 is 0 Å². The van der Waals surface area contributed by atoms with Gasteiger partial charge in [0.05, 0.1) is 0 Å². The third-order valence-corrected chi connectivity index (χ3v) is 4.04. The molecule has 2 atom stereocenters. The highest BCUT2D eigenvalue weighted by molar-refractivity contribution is 4.83. The van der Waals surface area contributed by atoms with E-state index in [4.69, 9.17) is 0 Å². The summed E-state index contributed by atoms with van der Waals surface area (Å²) >= 11 is 0. The fourth-order valence-corrected chi connectivity index (χ4v) is 2.94. The number of nitrogens with zero attached hydrogens (tertiary/aromatic N) is 1. The molecule has 2 rings (SSSR count). The molecule has 0 aromatic carbocycles. The van der Waals surface area contributed by atoms with Crippen molar-refractivity contribution in [3.05, 3.63) is 0 Å². The first-order valence-corrected chi connectivity index (χ1v) is 6.68. The van der Waals surface area contributed by atoms with E-state index in [-0.39, 0.29) is 0 Å². The molecule has 0 bridgehead atoms. The van der Waals surface area contributed by atoms with Crippen molar-refractivity contribution in [3.8, 4) is 0 Å². The van der Waals surface area contributed by atoms with Crippen molar-refractivity contribution >= 4 is 0 Å². The smallest absolute Gasteiger partial charge is 0.00696 e. The number of rotatable bonds is 5. The van der Waals surface area contributed by atoms with E-state index < -0.39 is 0 Å². The van der Waals surface area contributed by atoms with E-state index in [0.29, 0.717) is 0 Å². The van der Waals surface area contributed by atoms with Gasteiger partial charge in [0.15, 0.2) is 0 Å². The van der Waals surface area contributed by atoms with Gasteiger partial charge >= 0.3 is 0 Å². The second kappa shape index (κ2) is 5.31. The normalized spacial score (nSPS) is 30.4. The predicted octanol–water partition coefficient (Wildman–Crippen LogP) is 2.11. The zero-order valence-corrected chi connectivity index (χ0v) is 10.3. The molecule has 1 saturated heterocycles. The van der Waals surface area contributed by atoms with E-state index in [0.717, 1.165) is 17.9 Å². The summed E-state index contributed by atoms with van der Waals surface area (Å²) in [5.74, 6) is 1.97. The van der Waals surface area contributed by atoms with Gasteiger partial charge in [0.25, 0.3) is 0 Å². The molecule has 0 amide bonds. The van der Waals surface area contributed by atoms with Crippen LogP contribution in [-0.2, 0) is 0 Å². The zero-order chi connectivity index (χ0) is 10.7. The summed E-state index contributed by atoms with van der Waals surface area (Å²) in [5.41, 5.74) is 0. The summed E-state index contributed by atoms with van der Waals surface area (Å²) in [7, 11) is 2.08. The number of piperidine rings is 1. The van der Waals surface area contributed by atoms with Crippen LogP contribution >= 0.6 is 0 Å². The molecule has 0 aromatic rings. The van der Waals surface area contributed by atoms with Crippen LogP contribution in [-0.4, -0.2) is 37.6 Å². The molecule has 1 N–H and O–H groups in total. The number of likely N-dealkylation sites (tertiary alicyclic amines) is 1. The van der Waals surface area contributed by atoms with Crippen LogP contribution in [0.1, 0.15) is 39.0 Å². The molecule has 2 aliphatic rings. The SMILES string of the molecule is CNCC1CCCN(C(C)CC2CC2)C1. The largest absolute Gasteiger partial charge is 0.319 e. The Labute approximate surface area is 94.4 Å². The van der Waals surface area contributed by atoms with Gasteiger partial charge in [0, 0.05) is 12.6 Å². The molecule has 2 nitrogen and oxygen atoms in total. The number of hydrogen-bond acceptors (Lipinski definition) is 2. The summed E-state index contributed by atoms with van der Waals surface area (Å²) in [6.45, 7) is 6.30. The Morgan fingerprint density at radius 1 is 1.27 bits per heavy atom. The first-order valence-electron chi connectivity index (χ1n) is 6.68. The molecule has 0 aromatic heterocycles. The third kappa shape index (κ3) is 3.46. The summed E-state index contributed by atoms with van der Waals surface area (Å²) in [4.78, 5) is 2.73. The fourth-order valence-electron chi connectivity index (χ4n) is 2.94. The maximum atomic E-state index is 3.32. The zero-order valence-electron chi connectivity index (χ0n) is 10.3. The summed E-state index contributed by atoms with van der Waals surface area (Å²) in [6, 6.07) is 0.831. The Morgan fingerprint density at radius 3 is 2.73 bits per heavy atom. The van der Waals surface area contributed by atoms with Gasteiger partial charge in [-0.1, -0.05) is 12.8 Å². The first kappa shape index (κ1) is 11.4. The van der Waals surface area contributed by atoms with Gasteiger partial charge in [-0.2, -0.15) is 0 Å². The Bertz CT molecular complexity index is 187. The maximum absolute atomic E-state index is 3.32. The standard InChI is InChI=1S/C13H26N2/c1-11(8-12-5-6-12)15-7-3-4-13(10-15)9-14-2/h11-14H,3-10H2,1-2H3. The van der Waals surface area contributed by atoms with E-state index in [1.165, 1.54) is 51.7 Å². The molecule has 1 aliphatic carbocycles. The Hall–Kier alpha value is -0.0800. The lowest BCUT2D eigenvalue weighted by molar-refractivity contribution is 0.123. The average Bonchev–Trinajstić information content (AvgIpc) is 3.03. The molecule has 15 heavy (non-hydrogen) atoms. The minimum absolute atomic E-state index is 0.831. The molecule has 1 saturated carbocycles. The molecule has 2 unspecified atom stereocenters. The Balaban J connectivity index is 1.74. The lowest BCUT2D eigenvalue weighted by atomic mass is 9.96. The highest BCUT2D eigenvalue weighted by Gasteiger charge is 2.28. The highest BCUT2D eigenvalue weighted by Crippen LogP contribution is 2.35. The topological polar surface area (TPSA) is 15.3 Å². The van der Waals surface area contributed by atoms with E-state index in [9.17, 15) is 0 Å². The van der Waals surface area contributed by atoms with Crippen LogP contribution in [0.15, 0.2) is 0 Å². The lowest BCUT2D eigenvalue weighted by Gasteiger charge is -2.37. The van der Waals surface area contributed by atoms with Crippen LogP contribution in [0.4, 0.5) is 0 Å². The molecular formula is C13H26N2. The van der Waals surface area contributed by atoms with Crippen molar-refractivity contribution in [2.24, 2.45) is 11.8 Å². The second-order valence-electron chi connectivity index (χ2n) is 5.59. The van der Waals surface area contributed by atoms with Crippen molar-refractivity contribution in [2.75, 3.05) is 26.7 Å².